The lowest BCUT2D eigenvalue weighted by atomic mass is 10.2. The van der Waals surface area contributed by atoms with Crippen LogP contribution in [0.4, 0.5) is 17.6 Å². The Balaban J connectivity index is 1.29. The minimum absolute atomic E-state index is 0.765. The van der Waals surface area contributed by atoms with Gasteiger partial charge in [-0.3, -0.25) is 0 Å². The molecular formula is C20H27N7O. The first-order chi connectivity index (χ1) is 13.8. The van der Waals surface area contributed by atoms with E-state index in [1.165, 1.54) is 17.7 Å². The molecule has 0 amide bonds. The predicted octanol–water partition coefficient (Wildman–Crippen LogP) is 1.23. The maximum absolute atomic E-state index is 5.45. The van der Waals surface area contributed by atoms with Crippen molar-refractivity contribution in [1.29, 1.82) is 0 Å². The number of nitrogens with zero attached hydrogens (tertiary/aromatic N) is 7. The van der Waals surface area contributed by atoms with Crippen molar-refractivity contribution in [2.45, 2.75) is 26.2 Å². The van der Waals surface area contributed by atoms with Crippen LogP contribution in [0.25, 0.3) is 0 Å². The first-order valence-corrected chi connectivity index (χ1v) is 10.3. The summed E-state index contributed by atoms with van der Waals surface area (Å²) in [4.78, 5) is 25.8. The second kappa shape index (κ2) is 7.50. The van der Waals surface area contributed by atoms with E-state index in [-0.39, 0.29) is 0 Å². The summed E-state index contributed by atoms with van der Waals surface area (Å²) in [7, 11) is 0. The van der Waals surface area contributed by atoms with Crippen molar-refractivity contribution >= 4 is 17.6 Å². The number of rotatable bonds is 3. The van der Waals surface area contributed by atoms with E-state index < -0.39 is 0 Å². The smallest absolute Gasteiger partial charge is 0.227 e. The molecule has 0 unspecified atom stereocenters. The summed E-state index contributed by atoms with van der Waals surface area (Å²) in [6.07, 6.45) is 5.27. The van der Waals surface area contributed by atoms with Crippen LogP contribution in [0.15, 0.2) is 12.3 Å². The van der Waals surface area contributed by atoms with Crippen molar-refractivity contribution in [3.63, 3.8) is 0 Å². The van der Waals surface area contributed by atoms with Gasteiger partial charge in [0.25, 0.3) is 0 Å². The van der Waals surface area contributed by atoms with Gasteiger partial charge in [-0.1, -0.05) is 0 Å². The van der Waals surface area contributed by atoms with Crippen LogP contribution < -0.4 is 14.7 Å². The fourth-order valence-electron chi connectivity index (χ4n) is 4.37. The number of aryl methyl sites for hydroxylation is 2. The summed E-state index contributed by atoms with van der Waals surface area (Å²) in [6, 6.07) is 2.00. The van der Waals surface area contributed by atoms with Crippen LogP contribution >= 0.6 is 0 Å². The minimum Gasteiger partial charge on any atom is -0.378 e. The monoisotopic (exact) mass is 381 g/mol. The lowest BCUT2D eigenvalue weighted by molar-refractivity contribution is 0.122. The van der Waals surface area contributed by atoms with Crippen molar-refractivity contribution < 1.29 is 4.74 Å². The molecule has 2 aromatic heterocycles. The Bertz CT molecular complexity index is 844. The zero-order valence-corrected chi connectivity index (χ0v) is 16.5. The number of ether oxygens (including phenoxy) is 1. The second-order valence-electron chi connectivity index (χ2n) is 7.66. The number of aromatic nitrogens is 4. The molecule has 2 aromatic rings. The number of hydrogen-bond donors (Lipinski definition) is 0. The predicted molar refractivity (Wildman–Crippen MR) is 108 cm³/mol. The highest BCUT2D eigenvalue weighted by molar-refractivity contribution is 5.53. The molecule has 8 heteroatoms. The lowest BCUT2D eigenvalue weighted by Gasteiger charge is -2.36. The van der Waals surface area contributed by atoms with Gasteiger partial charge in [0.05, 0.1) is 13.2 Å². The third-order valence-electron chi connectivity index (χ3n) is 5.85. The SMILES string of the molecule is Cc1nc2c(c(N3CCN(c4nccc(N5CCOCC5)n4)CC3)n1)CCC2. The zero-order chi connectivity index (χ0) is 18.9. The van der Waals surface area contributed by atoms with Crippen molar-refractivity contribution in [3.8, 4) is 0 Å². The van der Waals surface area contributed by atoms with Crippen molar-refractivity contribution in [2.24, 2.45) is 0 Å². The summed E-state index contributed by atoms with van der Waals surface area (Å²) in [6.45, 7) is 9.01. The molecule has 0 atom stereocenters. The molecule has 8 nitrogen and oxygen atoms in total. The van der Waals surface area contributed by atoms with E-state index in [1.807, 2.05) is 19.2 Å². The number of fused-ring (bicyclic) bond motifs is 1. The van der Waals surface area contributed by atoms with E-state index in [0.717, 1.165) is 88.7 Å². The Morgan fingerprint density at radius 2 is 1.64 bits per heavy atom. The third kappa shape index (κ3) is 3.37. The molecule has 5 rings (SSSR count). The van der Waals surface area contributed by atoms with E-state index in [1.54, 1.807) is 0 Å². The second-order valence-corrected chi connectivity index (χ2v) is 7.66. The normalized spacial score (nSPS) is 19.8. The molecule has 4 heterocycles. The largest absolute Gasteiger partial charge is 0.378 e. The Kier molecular flexibility index (Phi) is 4.72. The van der Waals surface area contributed by atoms with Crippen LogP contribution in [0.1, 0.15) is 23.5 Å². The molecule has 0 bridgehead atoms. The van der Waals surface area contributed by atoms with Gasteiger partial charge < -0.3 is 19.4 Å². The zero-order valence-electron chi connectivity index (χ0n) is 16.5. The number of morpholine rings is 1. The quantitative estimate of drug-likeness (QED) is 0.786. The Morgan fingerprint density at radius 3 is 2.46 bits per heavy atom. The maximum Gasteiger partial charge on any atom is 0.227 e. The highest BCUT2D eigenvalue weighted by atomic mass is 16.5. The fourth-order valence-corrected chi connectivity index (χ4v) is 4.37. The van der Waals surface area contributed by atoms with Gasteiger partial charge in [-0.15, -0.1) is 0 Å². The molecule has 3 aliphatic rings. The van der Waals surface area contributed by atoms with E-state index in [4.69, 9.17) is 14.7 Å². The van der Waals surface area contributed by atoms with E-state index >= 15 is 0 Å². The van der Waals surface area contributed by atoms with Crippen LogP contribution in [0.5, 0.6) is 0 Å². The molecule has 0 N–H and O–H groups in total. The minimum atomic E-state index is 0.765. The van der Waals surface area contributed by atoms with Gasteiger partial charge in [-0.05, 0) is 32.3 Å². The van der Waals surface area contributed by atoms with E-state index in [0.29, 0.717) is 0 Å². The van der Waals surface area contributed by atoms with Gasteiger partial charge in [0.15, 0.2) is 0 Å². The number of hydrogen-bond acceptors (Lipinski definition) is 8. The molecular weight excluding hydrogens is 354 g/mol. The van der Waals surface area contributed by atoms with Gasteiger partial charge in [-0.2, -0.15) is 4.98 Å². The lowest BCUT2D eigenvalue weighted by Crippen LogP contribution is -2.48. The van der Waals surface area contributed by atoms with Crippen LogP contribution in [-0.2, 0) is 17.6 Å². The standard InChI is InChI=1S/C20H27N7O/c1-15-22-17-4-2-3-16(17)19(23-15)26-7-9-27(10-8-26)20-21-6-5-18(24-20)25-11-13-28-14-12-25/h5-6H,2-4,7-14H2,1H3. The van der Waals surface area contributed by atoms with Crippen molar-refractivity contribution in [3.05, 3.63) is 29.3 Å². The Labute approximate surface area is 165 Å². The highest BCUT2D eigenvalue weighted by Crippen LogP contribution is 2.29. The summed E-state index contributed by atoms with van der Waals surface area (Å²) in [5, 5.41) is 0. The van der Waals surface area contributed by atoms with Crippen LogP contribution in [0.3, 0.4) is 0 Å². The molecule has 28 heavy (non-hydrogen) atoms. The van der Waals surface area contributed by atoms with E-state index in [9.17, 15) is 0 Å². The third-order valence-corrected chi connectivity index (χ3v) is 5.85. The number of anilines is 3. The summed E-state index contributed by atoms with van der Waals surface area (Å²) in [5.41, 5.74) is 2.62. The highest BCUT2D eigenvalue weighted by Gasteiger charge is 2.26. The molecule has 0 saturated carbocycles. The van der Waals surface area contributed by atoms with Gasteiger partial charge in [0.2, 0.25) is 5.95 Å². The van der Waals surface area contributed by atoms with Crippen LogP contribution in [0.2, 0.25) is 0 Å². The van der Waals surface area contributed by atoms with Crippen molar-refractivity contribution in [1.82, 2.24) is 19.9 Å². The molecule has 148 valence electrons. The Hall–Kier alpha value is -2.48. The first kappa shape index (κ1) is 17.6. The molecule has 2 fully saturated rings. The Morgan fingerprint density at radius 1 is 0.857 bits per heavy atom. The average molecular weight is 381 g/mol. The average Bonchev–Trinajstić information content (AvgIpc) is 3.22. The molecule has 1 aliphatic carbocycles. The fraction of sp³-hybridized carbons (Fsp3) is 0.600. The summed E-state index contributed by atoms with van der Waals surface area (Å²) < 4.78 is 5.45. The van der Waals surface area contributed by atoms with Crippen LogP contribution in [-0.4, -0.2) is 72.4 Å². The van der Waals surface area contributed by atoms with Gasteiger partial charge in [0.1, 0.15) is 17.5 Å². The maximum atomic E-state index is 5.45. The van der Waals surface area contributed by atoms with Gasteiger partial charge in [-0.25, -0.2) is 15.0 Å². The molecule has 0 radical (unpaired) electrons. The van der Waals surface area contributed by atoms with E-state index in [2.05, 4.69) is 24.7 Å². The topological polar surface area (TPSA) is 70.5 Å². The van der Waals surface area contributed by atoms with Gasteiger partial charge in [0, 0.05) is 56.7 Å². The summed E-state index contributed by atoms with van der Waals surface area (Å²) in [5.74, 6) is 3.87. The van der Waals surface area contributed by atoms with Gasteiger partial charge >= 0.3 is 0 Å². The van der Waals surface area contributed by atoms with Crippen molar-refractivity contribution in [2.75, 3.05) is 67.2 Å². The molecule has 2 saturated heterocycles. The molecule has 2 aliphatic heterocycles. The number of piperazine rings is 1. The summed E-state index contributed by atoms with van der Waals surface area (Å²) >= 11 is 0. The molecule has 0 aromatic carbocycles. The van der Waals surface area contributed by atoms with Crippen LogP contribution in [0, 0.1) is 6.92 Å². The molecule has 0 spiro atoms. The first-order valence-electron chi connectivity index (χ1n) is 10.3.